The van der Waals surface area contributed by atoms with Gasteiger partial charge in [-0.3, -0.25) is 14.6 Å². The summed E-state index contributed by atoms with van der Waals surface area (Å²) in [4.78, 5) is 64.6. The Morgan fingerprint density at radius 1 is 0.632 bits per heavy atom. The van der Waals surface area contributed by atoms with Crippen molar-refractivity contribution in [1.29, 1.82) is 0 Å². The third-order valence-corrected chi connectivity index (χ3v) is 9.31. The lowest BCUT2D eigenvalue weighted by atomic mass is 9.88. The van der Waals surface area contributed by atoms with Crippen LogP contribution in [0.15, 0.2) is 151 Å². The molecule has 0 fully saturated rings. The quantitative estimate of drug-likeness (QED) is 0.0593. The fourth-order valence-corrected chi connectivity index (χ4v) is 6.44. The van der Waals surface area contributed by atoms with Crippen LogP contribution < -0.4 is 16.2 Å². The summed E-state index contributed by atoms with van der Waals surface area (Å²) in [6, 6.07) is 40.9. The van der Waals surface area contributed by atoms with Crippen LogP contribution in [0.25, 0.3) is 0 Å². The van der Waals surface area contributed by atoms with Gasteiger partial charge >= 0.3 is 12.2 Å². The van der Waals surface area contributed by atoms with Crippen LogP contribution in [0.1, 0.15) is 59.5 Å². The first kappa shape index (κ1) is 41.2. The van der Waals surface area contributed by atoms with Gasteiger partial charge in [0.2, 0.25) is 5.91 Å². The Balaban J connectivity index is 1.64. The third kappa shape index (κ3) is 11.3. The second kappa shape index (κ2) is 20.7. The van der Waals surface area contributed by atoms with Gasteiger partial charge in [-0.05, 0) is 59.7 Å². The Morgan fingerprint density at radius 2 is 1.11 bits per heavy atom. The molecular weight excluding hydrogens is 723 g/mol. The van der Waals surface area contributed by atoms with Crippen molar-refractivity contribution in [3.63, 3.8) is 0 Å². The molecule has 57 heavy (non-hydrogen) atoms. The number of rotatable bonds is 16. The Kier molecular flexibility index (Phi) is 14.9. The molecule has 294 valence electrons. The Labute approximate surface area is 332 Å². The van der Waals surface area contributed by atoms with Crippen LogP contribution >= 0.6 is 0 Å². The van der Waals surface area contributed by atoms with Crippen LogP contribution in [0.5, 0.6) is 5.75 Å². The van der Waals surface area contributed by atoms with Crippen LogP contribution in [-0.4, -0.2) is 59.5 Å². The molecule has 12 nitrogen and oxygen atoms in total. The molecule has 0 radical (unpaired) electrons. The predicted octanol–water partition coefficient (Wildman–Crippen LogP) is 7.34. The number of ether oxygens (including phenoxy) is 3. The summed E-state index contributed by atoms with van der Waals surface area (Å²) < 4.78 is 16.7. The Hall–Kier alpha value is -6.95. The molecule has 0 bridgehead atoms. The zero-order chi connectivity index (χ0) is 40.6. The van der Waals surface area contributed by atoms with E-state index in [1.54, 1.807) is 73.7 Å². The molecule has 4 N–H and O–H groups in total. The summed E-state index contributed by atoms with van der Waals surface area (Å²) in [5, 5.41) is 0. The summed E-state index contributed by atoms with van der Waals surface area (Å²) in [5.74, 6) is -2.01. The van der Waals surface area contributed by atoms with Crippen LogP contribution in [-0.2, 0) is 32.3 Å². The first-order valence-corrected chi connectivity index (χ1v) is 18.5. The molecule has 4 amide bonds. The van der Waals surface area contributed by atoms with Crippen LogP contribution in [0.3, 0.4) is 0 Å². The maximum absolute atomic E-state index is 15.5. The molecule has 2 atom stereocenters. The lowest BCUT2D eigenvalue weighted by Gasteiger charge is -2.39. The van der Waals surface area contributed by atoms with Crippen molar-refractivity contribution in [2.45, 2.75) is 51.0 Å². The molecule has 12 heteroatoms. The second-order valence-electron chi connectivity index (χ2n) is 13.2. The van der Waals surface area contributed by atoms with Crippen molar-refractivity contribution in [2.75, 3.05) is 13.7 Å². The van der Waals surface area contributed by atoms with E-state index in [-0.39, 0.29) is 38.6 Å². The minimum Gasteiger partial charge on any atom is -0.497 e. The molecule has 5 rings (SSSR count). The van der Waals surface area contributed by atoms with Gasteiger partial charge < -0.3 is 30.6 Å². The maximum atomic E-state index is 15.5. The van der Waals surface area contributed by atoms with Gasteiger partial charge in [0.1, 0.15) is 25.0 Å². The highest BCUT2D eigenvalue weighted by Gasteiger charge is 2.44. The summed E-state index contributed by atoms with van der Waals surface area (Å²) >= 11 is 0. The topological polar surface area (TPSA) is 167 Å². The van der Waals surface area contributed by atoms with Gasteiger partial charge in [0, 0.05) is 6.54 Å². The summed E-state index contributed by atoms with van der Waals surface area (Å²) in [5.41, 5.74) is 14.5. The lowest BCUT2D eigenvalue weighted by molar-refractivity contribution is -0.147. The largest absolute Gasteiger partial charge is 0.497 e. The smallest absolute Gasteiger partial charge is 0.426 e. The van der Waals surface area contributed by atoms with Gasteiger partial charge in [-0.25, -0.2) is 9.59 Å². The molecular formula is C45H47N5O7. The number of amides is 4. The number of hydrogen-bond donors (Lipinski definition) is 2. The van der Waals surface area contributed by atoms with E-state index in [4.69, 9.17) is 25.7 Å². The van der Waals surface area contributed by atoms with Gasteiger partial charge in [0.15, 0.2) is 5.96 Å². The van der Waals surface area contributed by atoms with Gasteiger partial charge in [0.05, 0.1) is 19.1 Å². The number of aliphatic imine (C=N–C) groups is 1. The number of carbonyl (C=O) groups is 4. The van der Waals surface area contributed by atoms with Gasteiger partial charge in [-0.1, -0.05) is 133 Å². The van der Waals surface area contributed by atoms with Crippen molar-refractivity contribution in [3.05, 3.63) is 173 Å². The summed E-state index contributed by atoms with van der Waals surface area (Å²) in [7, 11) is 1.53. The minimum atomic E-state index is -1.43. The number of benzene rings is 5. The van der Waals surface area contributed by atoms with Crippen molar-refractivity contribution in [3.8, 4) is 5.75 Å². The monoisotopic (exact) mass is 769 g/mol. The number of nitrogens with two attached hydrogens (primary N) is 2. The second-order valence-corrected chi connectivity index (χ2v) is 13.2. The van der Waals surface area contributed by atoms with E-state index < -0.39 is 42.0 Å². The average Bonchev–Trinajstić information content (AvgIpc) is 3.24. The molecule has 0 saturated carbocycles. The third-order valence-electron chi connectivity index (χ3n) is 9.31. The molecule has 0 aliphatic heterocycles. The zero-order valence-corrected chi connectivity index (χ0v) is 32.0. The molecule has 5 aromatic rings. The first-order valence-electron chi connectivity index (χ1n) is 18.5. The highest BCUT2D eigenvalue weighted by atomic mass is 16.6. The summed E-state index contributed by atoms with van der Waals surface area (Å²) in [6.07, 6.45) is -2.39. The fourth-order valence-electron chi connectivity index (χ4n) is 6.44. The van der Waals surface area contributed by atoms with E-state index in [1.807, 2.05) is 78.9 Å². The van der Waals surface area contributed by atoms with E-state index in [2.05, 4.69) is 4.99 Å². The van der Waals surface area contributed by atoms with Crippen LogP contribution in [0.2, 0.25) is 0 Å². The highest BCUT2D eigenvalue weighted by Crippen LogP contribution is 2.35. The highest BCUT2D eigenvalue weighted by molar-refractivity contribution is 6.09. The molecule has 0 aromatic heterocycles. The van der Waals surface area contributed by atoms with Crippen molar-refractivity contribution >= 4 is 30.0 Å². The van der Waals surface area contributed by atoms with E-state index in [9.17, 15) is 9.59 Å². The first-order chi connectivity index (χ1) is 27.7. The maximum Gasteiger partial charge on any atom is 0.426 e. The molecule has 0 aliphatic carbocycles. The minimum absolute atomic E-state index is 0.0552. The summed E-state index contributed by atoms with van der Waals surface area (Å²) in [6.45, 7) is 1.40. The molecule has 0 spiro atoms. The molecule has 5 aromatic carbocycles. The number of imide groups is 3. The number of methoxy groups -OCH3 is 1. The predicted molar refractivity (Wildman–Crippen MR) is 217 cm³/mol. The standard InChI is InChI=1S/C45H47N5O7/c1-32(37-25-15-26-38(29-37)55-2)49(42(52)40(35-21-11-5-12-22-35)36-23-13-6-14-24-36)39(27-16-28-48-43(46)47)41(51)50(44(53)56-30-33-17-7-3-8-18-33)45(54)57-31-34-19-9-4-10-20-34/h3-15,17-26,29,32,39-40H,16,27-28,30-31H2,1-2H3,(H4,46,47,48)/t32-,39+/m0/s1. The van der Waals surface area contributed by atoms with E-state index in [1.165, 1.54) is 12.0 Å². The lowest BCUT2D eigenvalue weighted by Crippen LogP contribution is -2.56. The normalized spacial score (nSPS) is 11.8. The molecule has 0 heterocycles. The fraction of sp³-hybridized carbons (Fsp3) is 0.222. The number of guanidine groups is 1. The zero-order valence-electron chi connectivity index (χ0n) is 32.0. The van der Waals surface area contributed by atoms with Crippen molar-refractivity contribution in [1.82, 2.24) is 9.80 Å². The molecule has 0 unspecified atom stereocenters. The van der Waals surface area contributed by atoms with Crippen molar-refractivity contribution in [2.24, 2.45) is 16.5 Å². The Morgan fingerprint density at radius 3 is 1.58 bits per heavy atom. The number of nitrogens with zero attached hydrogens (tertiary/aromatic N) is 3. The Bertz CT molecular complexity index is 2000. The van der Waals surface area contributed by atoms with Gasteiger partial charge in [-0.15, -0.1) is 4.90 Å². The van der Waals surface area contributed by atoms with Gasteiger partial charge in [0.25, 0.3) is 5.91 Å². The molecule has 0 saturated heterocycles. The van der Waals surface area contributed by atoms with Gasteiger partial charge in [-0.2, -0.15) is 0 Å². The van der Waals surface area contributed by atoms with Crippen molar-refractivity contribution < 1.29 is 33.4 Å². The van der Waals surface area contributed by atoms with E-state index in [0.29, 0.717) is 38.5 Å². The van der Waals surface area contributed by atoms with Crippen LogP contribution in [0.4, 0.5) is 9.59 Å². The van der Waals surface area contributed by atoms with Crippen LogP contribution in [0, 0.1) is 0 Å². The number of hydrogen-bond acceptors (Lipinski definition) is 8. The van der Waals surface area contributed by atoms with E-state index in [0.717, 1.165) is 0 Å². The van der Waals surface area contributed by atoms with E-state index >= 15 is 9.59 Å². The SMILES string of the molecule is COc1cccc([C@H](C)N(C(=O)C(c2ccccc2)c2ccccc2)[C@H](CCCN=C(N)N)C(=O)N(C(=O)OCc2ccccc2)C(=O)OCc2ccccc2)c1. The number of carbonyl (C=O) groups excluding carboxylic acids is 4. The average molecular weight is 770 g/mol. The molecule has 0 aliphatic rings.